The first-order valence-corrected chi connectivity index (χ1v) is 6.44. The maximum Gasteiger partial charge on any atom is 0.272 e. The van der Waals surface area contributed by atoms with E-state index in [1.54, 1.807) is 17.1 Å². The number of rotatable bonds is 3. The van der Waals surface area contributed by atoms with Crippen LogP contribution < -0.4 is 5.32 Å². The topological polar surface area (TPSA) is 51.9 Å². The quantitative estimate of drug-likeness (QED) is 0.947. The maximum atomic E-state index is 12.2. The third-order valence-corrected chi connectivity index (χ3v) is 3.00. The Balaban J connectivity index is 2.23. The van der Waals surface area contributed by atoms with E-state index in [1.807, 2.05) is 37.7 Å². The van der Waals surface area contributed by atoms with E-state index >= 15 is 0 Å². The highest BCUT2D eigenvalue weighted by Gasteiger charge is 2.15. The van der Waals surface area contributed by atoms with Gasteiger partial charge in [0.05, 0.1) is 11.9 Å². The van der Waals surface area contributed by atoms with Gasteiger partial charge in [0, 0.05) is 30.0 Å². The summed E-state index contributed by atoms with van der Waals surface area (Å²) in [5.74, 6) is -0.137. The first-order chi connectivity index (χ1) is 8.47. The van der Waals surface area contributed by atoms with Crippen LogP contribution in [0.5, 0.6) is 0 Å². The second kappa shape index (κ2) is 4.97. The highest BCUT2D eigenvalue weighted by Crippen LogP contribution is 2.20. The fourth-order valence-corrected chi connectivity index (χ4v) is 2.17. The standard InChI is InChI=1S/C12H15BrN4O/c1-8(2)17-6-9(13)4-11(17)12(18)15-10-5-14-16(3)7-10/h4-8H,1-3H3,(H,15,18). The predicted molar refractivity (Wildman–Crippen MR) is 73.7 cm³/mol. The molecule has 1 amide bonds. The van der Waals surface area contributed by atoms with Gasteiger partial charge in [0.2, 0.25) is 0 Å². The average Bonchev–Trinajstić information content (AvgIpc) is 2.85. The van der Waals surface area contributed by atoms with Gasteiger partial charge in [0.1, 0.15) is 5.69 Å². The first kappa shape index (κ1) is 12.9. The Kier molecular flexibility index (Phi) is 3.56. The Labute approximate surface area is 114 Å². The average molecular weight is 311 g/mol. The summed E-state index contributed by atoms with van der Waals surface area (Å²) in [7, 11) is 1.81. The zero-order chi connectivity index (χ0) is 13.3. The molecule has 0 radical (unpaired) electrons. The van der Waals surface area contributed by atoms with Crippen LogP contribution in [0.4, 0.5) is 5.69 Å². The van der Waals surface area contributed by atoms with Gasteiger partial charge in [-0.3, -0.25) is 9.48 Å². The molecule has 0 fully saturated rings. The van der Waals surface area contributed by atoms with Crippen molar-refractivity contribution in [3.05, 3.63) is 34.8 Å². The molecule has 0 saturated heterocycles. The fourth-order valence-electron chi connectivity index (χ4n) is 1.74. The van der Waals surface area contributed by atoms with E-state index in [9.17, 15) is 4.79 Å². The Morgan fingerprint density at radius 1 is 1.44 bits per heavy atom. The van der Waals surface area contributed by atoms with E-state index in [-0.39, 0.29) is 11.9 Å². The molecule has 0 unspecified atom stereocenters. The zero-order valence-electron chi connectivity index (χ0n) is 10.5. The van der Waals surface area contributed by atoms with Crippen LogP contribution >= 0.6 is 15.9 Å². The molecule has 0 aliphatic heterocycles. The number of aryl methyl sites for hydroxylation is 1. The van der Waals surface area contributed by atoms with Gasteiger partial charge in [-0.2, -0.15) is 5.10 Å². The van der Waals surface area contributed by atoms with Crippen LogP contribution in [0.25, 0.3) is 0 Å². The lowest BCUT2D eigenvalue weighted by Crippen LogP contribution is -2.17. The number of amides is 1. The van der Waals surface area contributed by atoms with Crippen molar-refractivity contribution in [2.45, 2.75) is 19.9 Å². The maximum absolute atomic E-state index is 12.2. The van der Waals surface area contributed by atoms with Crippen molar-refractivity contribution >= 4 is 27.5 Å². The van der Waals surface area contributed by atoms with Crippen LogP contribution in [0.2, 0.25) is 0 Å². The molecular weight excluding hydrogens is 296 g/mol. The van der Waals surface area contributed by atoms with Crippen LogP contribution in [-0.4, -0.2) is 20.3 Å². The van der Waals surface area contributed by atoms with Gasteiger partial charge in [-0.1, -0.05) is 0 Å². The smallest absolute Gasteiger partial charge is 0.272 e. The summed E-state index contributed by atoms with van der Waals surface area (Å²) in [4.78, 5) is 12.2. The van der Waals surface area contributed by atoms with Gasteiger partial charge in [-0.25, -0.2) is 0 Å². The summed E-state index contributed by atoms with van der Waals surface area (Å²) in [5, 5.41) is 6.84. The minimum absolute atomic E-state index is 0.137. The van der Waals surface area contributed by atoms with Gasteiger partial charge < -0.3 is 9.88 Å². The molecule has 2 heterocycles. The van der Waals surface area contributed by atoms with E-state index in [0.717, 1.165) is 4.47 Å². The lowest BCUT2D eigenvalue weighted by molar-refractivity contribution is 0.101. The number of carbonyl (C=O) groups excluding carboxylic acids is 1. The molecule has 96 valence electrons. The lowest BCUT2D eigenvalue weighted by Gasteiger charge is -2.11. The number of anilines is 1. The molecule has 0 bridgehead atoms. The first-order valence-electron chi connectivity index (χ1n) is 5.64. The molecule has 2 aromatic rings. The third kappa shape index (κ3) is 2.64. The van der Waals surface area contributed by atoms with Crippen molar-refractivity contribution in [3.63, 3.8) is 0 Å². The fraction of sp³-hybridized carbons (Fsp3) is 0.333. The molecule has 2 rings (SSSR count). The summed E-state index contributed by atoms with van der Waals surface area (Å²) in [5.41, 5.74) is 1.32. The normalized spacial score (nSPS) is 10.9. The van der Waals surface area contributed by atoms with Crippen LogP contribution in [-0.2, 0) is 7.05 Å². The highest BCUT2D eigenvalue weighted by molar-refractivity contribution is 9.10. The number of nitrogens with zero attached hydrogens (tertiary/aromatic N) is 3. The van der Waals surface area contributed by atoms with Crippen molar-refractivity contribution in [2.24, 2.45) is 7.05 Å². The van der Waals surface area contributed by atoms with Crippen molar-refractivity contribution in [2.75, 3.05) is 5.32 Å². The molecule has 6 heteroatoms. The summed E-state index contributed by atoms with van der Waals surface area (Å²) in [6.07, 6.45) is 5.29. The van der Waals surface area contributed by atoms with E-state index in [2.05, 4.69) is 26.3 Å². The molecule has 18 heavy (non-hydrogen) atoms. The molecular formula is C12H15BrN4O. The number of halogens is 1. The Morgan fingerprint density at radius 3 is 2.72 bits per heavy atom. The molecule has 5 nitrogen and oxygen atoms in total. The number of hydrogen-bond donors (Lipinski definition) is 1. The van der Waals surface area contributed by atoms with Gasteiger partial charge >= 0.3 is 0 Å². The summed E-state index contributed by atoms with van der Waals surface area (Å²) in [6.45, 7) is 4.07. The molecule has 0 aromatic carbocycles. The monoisotopic (exact) mass is 310 g/mol. The minimum atomic E-state index is -0.137. The van der Waals surface area contributed by atoms with Crippen molar-refractivity contribution in [1.29, 1.82) is 0 Å². The van der Waals surface area contributed by atoms with Crippen LogP contribution in [0.1, 0.15) is 30.4 Å². The van der Waals surface area contributed by atoms with E-state index in [1.165, 1.54) is 0 Å². The SMILES string of the molecule is CC(C)n1cc(Br)cc1C(=O)Nc1cnn(C)c1. The number of aromatic nitrogens is 3. The summed E-state index contributed by atoms with van der Waals surface area (Å²) in [6, 6.07) is 2.04. The molecule has 1 N–H and O–H groups in total. The largest absolute Gasteiger partial charge is 0.340 e. The van der Waals surface area contributed by atoms with Crippen molar-refractivity contribution < 1.29 is 4.79 Å². The van der Waals surface area contributed by atoms with E-state index in [0.29, 0.717) is 11.4 Å². The molecule has 0 aliphatic rings. The van der Waals surface area contributed by atoms with E-state index in [4.69, 9.17) is 0 Å². The van der Waals surface area contributed by atoms with E-state index < -0.39 is 0 Å². The minimum Gasteiger partial charge on any atom is -0.340 e. The highest BCUT2D eigenvalue weighted by atomic mass is 79.9. The second-order valence-corrected chi connectivity index (χ2v) is 5.32. The molecule has 0 aliphatic carbocycles. The van der Waals surface area contributed by atoms with Crippen molar-refractivity contribution in [1.82, 2.24) is 14.3 Å². The predicted octanol–water partition coefficient (Wildman–Crippen LogP) is 2.82. The number of nitrogens with one attached hydrogen (secondary N) is 1. The van der Waals surface area contributed by atoms with Gasteiger partial charge in [-0.05, 0) is 35.8 Å². The number of hydrogen-bond acceptors (Lipinski definition) is 2. The van der Waals surface area contributed by atoms with Gasteiger partial charge in [-0.15, -0.1) is 0 Å². The lowest BCUT2D eigenvalue weighted by atomic mass is 10.3. The Bertz CT molecular complexity index is 570. The zero-order valence-corrected chi connectivity index (χ0v) is 12.1. The molecule has 0 atom stereocenters. The molecule has 0 spiro atoms. The van der Waals surface area contributed by atoms with Crippen LogP contribution in [0.3, 0.4) is 0 Å². The van der Waals surface area contributed by atoms with Crippen LogP contribution in [0, 0.1) is 0 Å². The van der Waals surface area contributed by atoms with Crippen LogP contribution in [0.15, 0.2) is 29.1 Å². The molecule has 2 aromatic heterocycles. The summed E-state index contributed by atoms with van der Waals surface area (Å²) >= 11 is 3.39. The summed E-state index contributed by atoms with van der Waals surface area (Å²) < 4.78 is 4.47. The van der Waals surface area contributed by atoms with Gasteiger partial charge in [0.25, 0.3) is 5.91 Å². The third-order valence-electron chi connectivity index (χ3n) is 2.57. The van der Waals surface area contributed by atoms with Crippen molar-refractivity contribution in [3.8, 4) is 0 Å². The Hall–Kier alpha value is -1.56. The second-order valence-electron chi connectivity index (χ2n) is 4.40. The van der Waals surface area contributed by atoms with Gasteiger partial charge in [0.15, 0.2) is 0 Å². The Morgan fingerprint density at radius 2 is 2.17 bits per heavy atom. The molecule has 0 saturated carbocycles. The number of carbonyl (C=O) groups is 1.